The number of carbonyl (C=O) groups excluding carboxylic acids is 1. The normalized spacial score (nSPS) is 11.6. The van der Waals surface area contributed by atoms with E-state index in [1.807, 2.05) is 13.0 Å². The lowest BCUT2D eigenvalue weighted by molar-refractivity contribution is 0.102. The molecule has 0 fully saturated rings. The van der Waals surface area contributed by atoms with E-state index in [1.54, 1.807) is 24.4 Å². The highest BCUT2D eigenvalue weighted by atomic mass is 35.5. The molecule has 0 aliphatic carbocycles. The molecule has 0 spiro atoms. The fraction of sp³-hybridized carbons (Fsp3) is 0.0833. The molecule has 1 aromatic heterocycles. The van der Waals surface area contributed by atoms with Crippen LogP contribution in [-0.2, 0) is 20.0 Å². The highest BCUT2D eigenvalue weighted by Gasteiger charge is 2.22. The zero-order chi connectivity index (χ0) is 26.8. The van der Waals surface area contributed by atoms with Crippen LogP contribution in [0.25, 0.3) is 0 Å². The van der Waals surface area contributed by atoms with Gasteiger partial charge in [0.25, 0.3) is 26.0 Å². The summed E-state index contributed by atoms with van der Waals surface area (Å²) in [4.78, 5) is 16.5. The van der Waals surface area contributed by atoms with Crippen molar-refractivity contribution >= 4 is 65.4 Å². The van der Waals surface area contributed by atoms with Crippen LogP contribution in [0.1, 0.15) is 21.5 Å². The van der Waals surface area contributed by atoms with E-state index < -0.39 is 26.0 Å². The van der Waals surface area contributed by atoms with Gasteiger partial charge in [-0.2, -0.15) is 0 Å². The molecule has 37 heavy (non-hydrogen) atoms. The molecule has 13 heteroatoms. The molecule has 1 heterocycles. The van der Waals surface area contributed by atoms with Gasteiger partial charge in [-0.15, -0.1) is 11.3 Å². The maximum absolute atomic E-state index is 13.0. The monoisotopic (exact) mass is 576 g/mol. The number of aryl methyl sites for hydroxylation is 2. The molecule has 0 atom stereocenters. The number of sulfonamides is 2. The molecule has 0 aliphatic rings. The summed E-state index contributed by atoms with van der Waals surface area (Å²) in [6.07, 6.45) is 1.48. The minimum Gasteiger partial charge on any atom is -0.322 e. The molecule has 4 aromatic rings. The van der Waals surface area contributed by atoms with Gasteiger partial charge in [0, 0.05) is 22.8 Å². The highest BCUT2D eigenvalue weighted by Crippen LogP contribution is 2.27. The van der Waals surface area contributed by atoms with Crippen LogP contribution in [0.4, 0.5) is 16.5 Å². The molecular formula is C24H21ClN4O5S3. The van der Waals surface area contributed by atoms with Gasteiger partial charge in [-0.3, -0.25) is 14.2 Å². The molecule has 9 nitrogen and oxygen atoms in total. The van der Waals surface area contributed by atoms with Crippen LogP contribution in [-0.4, -0.2) is 27.7 Å². The number of hydrogen-bond donors (Lipinski definition) is 3. The molecule has 0 aliphatic heterocycles. The Bertz CT molecular complexity index is 1670. The number of hydrogen-bond acceptors (Lipinski definition) is 7. The van der Waals surface area contributed by atoms with Crippen molar-refractivity contribution in [3.63, 3.8) is 0 Å². The van der Waals surface area contributed by atoms with E-state index in [4.69, 9.17) is 11.6 Å². The number of halogens is 1. The number of nitrogens with one attached hydrogen (secondary N) is 3. The summed E-state index contributed by atoms with van der Waals surface area (Å²) in [5, 5.41) is 4.45. The van der Waals surface area contributed by atoms with Gasteiger partial charge in [0.05, 0.1) is 15.6 Å². The third-order valence-electron chi connectivity index (χ3n) is 5.19. The summed E-state index contributed by atoms with van der Waals surface area (Å²) >= 11 is 7.31. The van der Waals surface area contributed by atoms with Gasteiger partial charge >= 0.3 is 0 Å². The van der Waals surface area contributed by atoms with Gasteiger partial charge in [0.15, 0.2) is 5.13 Å². The van der Waals surface area contributed by atoms with Crippen molar-refractivity contribution in [3.05, 3.63) is 94.0 Å². The van der Waals surface area contributed by atoms with Crippen LogP contribution in [0.5, 0.6) is 0 Å². The number of benzene rings is 3. The highest BCUT2D eigenvalue weighted by molar-refractivity contribution is 7.93. The molecule has 1 amide bonds. The second kappa shape index (κ2) is 10.5. The lowest BCUT2D eigenvalue weighted by Gasteiger charge is -2.13. The molecule has 0 saturated carbocycles. The summed E-state index contributed by atoms with van der Waals surface area (Å²) in [5.74, 6) is -0.601. The third kappa shape index (κ3) is 6.28. The van der Waals surface area contributed by atoms with Gasteiger partial charge in [0.1, 0.15) is 4.90 Å². The van der Waals surface area contributed by atoms with Crippen molar-refractivity contribution in [2.45, 2.75) is 23.6 Å². The molecule has 3 N–H and O–H groups in total. The van der Waals surface area contributed by atoms with Crippen LogP contribution < -0.4 is 14.8 Å². The Morgan fingerprint density at radius 3 is 2.27 bits per heavy atom. The number of carbonyl (C=O) groups is 1. The van der Waals surface area contributed by atoms with Gasteiger partial charge in [-0.1, -0.05) is 29.3 Å². The Morgan fingerprint density at radius 2 is 1.62 bits per heavy atom. The van der Waals surface area contributed by atoms with E-state index in [0.29, 0.717) is 11.4 Å². The molecule has 0 radical (unpaired) electrons. The summed E-state index contributed by atoms with van der Waals surface area (Å²) in [6.45, 7) is 3.68. The van der Waals surface area contributed by atoms with E-state index in [0.717, 1.165) is 22.5 Å². The van der Waals surface area contributed by atoms with Crippen LogP contribution in [0.3, 0.4) is 0 Å². The van der Waals surface area contributed by atoms with E-state index in [-0.39, 0.29) is 25.5 Å². The fourth-order valence-corrected chi connectivity index (χ4v) is 6.79. The number of anilines is 3. The summed E-state index contributed by atoms with van der Waals surface area (Å²) in [6, 6.07) is 14.7. The first-order chi connectivity index (χ1) is 17.4. The lowest BCUT2D eigenvalue weighted by atomic mass is 10.1. The number of aromatic nitrogens is 1. The average Bonchev–Trinajstić information content (AvgIpc) is 3.33. The molecule has 192 valence electrons. The summed E-state index contributed by atoms with van der Waals surface area (Å²) < 4.78 is 55.9. The van der Waals surface area contributed by atoms with E-state index in [1.165, 1.54) is 48.7 Å². The van der Waals surface area contributed by atoms with Gasteiger partial charge < -0.3 is 5.32 Å². The van der Waals surface area contributed by atoms with Crippen molar-refractivity contribution in [3.8, 4) is 0 Å². The Balaban J connectivity index is 1.51. The van der Waals surface area contributed by atoms with E-state index in [2.05, 4.69) is 19.7 Å². The quantitative estimate of drug-likeness (QED) is 0.262. The Labute approximate surface area is 223 Å². The van der Waals surface area contributed by atoms with Crippen molar-refractivity contribution < 1.29 is 21.6 Å². The lowest BCUT2D eigenvalue weighted by Crippen LogP contribution is -2.17. The largest absolute Gasteiger partial charge is 0.322 e. The third-order valence-corrected chi connectivity index (χ3v) is 9.21. The minimum atomic E-state index is -4.09. The first-order valence-corrected chi connectivity index (χ1v) is 14.9. The number of thiazole rings is 1. The van der Waals surface area contributed by atoms with Crippen LogP contribution in [0, 0.1) is 13.8 Å². The first kappa shape index (κ1) is 26.6. The number of amides is 1. The predicted molar refractivity (Wildman–Crippen MR) is 145 cm³/mol. The second-order valence-corrected chi connectivity index (χ2v) is 12.6. The summed E-state index contributed by atoms with van der Waals surface area (Å²) in [5.41, 5.74) is 2.48. The SMILES string of the molecule is Cc1ccc(NS(=O)(=O)c2cc(C(=O)Nc3ccc(S(=O)(=O)Nc4nccs4)cc3)ccc2Cl)c(C)c1. The molecule has 0 unspecified atom stereocenters. The van der Waals surface area contributed by atoms with E-state index >= 15 is 0 Å². The minimum absolute atomic E-state index is 0.0157. The van der Waals surface area contributed by atoms with Crippen LogP contribution >= 0.6 is 22.9 Å². The van der Waals surface area contributed by atoms with Crippen LogP contribution in [0.2, 0.25) is 5.02 Å². The van der Waals surface area contributed by atoms with Crippen molar-refractivity contribution in [2.75, 3.05) is 14.8 Å². The van der Waals surface area contributed by atoms with Gasteiger partial charge in [0.2, 0.25) is 0 Å². The van der Waals surface area contributed by atoms with Crippen molar-refractivity contribution in [1.82, 2.24) is 4.98 Å². The molecule has 4 rings (SSSR count). The molecule has 3 aromatic carbocycles. The van der Waals surface area contributed by atoms with Gasteiger partial charge in [-0.05, 0) is 67.9 Å². The topological polar surface area (TPSA) is 134 Å². The molecular weight excluding hydrogens is 556 g/mol. The molecule has 0 saturated heterocycles. The number of rotatable bonds is 8. The smallest absolute Gasteiger partial charge is 0.263 e. The maximum atomic E-state index is 13.0. The van der Waals surface area contributed by atoms with E-state index in [9.17, 15) is 21.6 Å². The van der Waals surface area contributed by atoms with Crippen molar-refractivity contribution in [1.29, 1.82) is 0 Å². The summed E-state index contributed by atoms with van der Waals surface area (Å²) in [7, 11) is -7.93. The zero-order valence-electron chi connectivity index (χ0n) is 19.5. The Hall–Kier alpha value is -3.45. The van der Waals surface area contributed by atoms with Gasteiger partial charge in [-0.25, -0.2) is 21.8 Å². The first-order valence-electron chi connectivity index (χ1n) is 10.7. The Morgan fingerprint density at radius 1 is 0.892 bits per heavy atom. The predicted octanol–water partition coefficient (Wildman–Crippen LogP) is 5.27. The van der Waals surface area contributed by atoms with Crippen molar-refractivity contribution in [2.24, 2.45) is 0 Å². The Kier molecular flexibility index (Phi) is 7.55. The van der Waals surface area contributed by atoms with Crippen LogP contribution in [0.15, 0.2) is 82.0 Å². The standard InChI is InChI=1S/C24H21ClN4O5S3/c1-15-3-10-21(16(2)13-15)28-37(33,34)22-14-17(4-9-20(22)25)23(30)27-18-5-7-19(8-6-18)36(31,32)29-24-26-11-12-35-24/h3-14,28H,1-2H3,(H,26,29)(H,27,30). The zero-order valence-corrected chi connectivity index (χ0v) is 22.7. The average molecular weight is 577 g/mol. The molecule has 0 bridgehead atoms. The number of nitrogens with zero attached hydrogens (tertiary/aromatic N) is 1. The second-order valence-electron chi connectivity index (χ2n) is 7.99. The fourth-order valence-electron chi connectivity index (χ4n) is 3.35. The maximum Gasteiger partial charge on any atom is 0.263 e.